The second kappa shape index (κ2) is 8.14. The Morgan fingerprint density at radius 1 is 1.30 bits per heavy atom. The van der Waals surface area contributed by atoms with Gasteiger partial charge in [0.25, 0.3) is 0 Å². The van der Waals surface area contributed by atoms with Crippen LogP contribution in [0.5, 0.6) is 0 Å². The standard InChI is InChI=1S/C19H20N4O2S2/c1-12(17(24)21-15-8-7-13-4-2-5-14(13)10-15)26-19-23-22-18(27-19)20-11-16-6-3-9-25-16/h3,6-10,12H,2,4-5,11H2,1H3,(H,20,22)(H,21,24)/t12-/m1/s1. The molecule has 1 aliphatic rings. The summed E-state index contributed by atoms with van der Waals surface area (Å²) in [5.74, 6) is 0.805. The summed E-state index contributed by atoms with van der Waals surface area (Å²) >= 11 is 2.84. The van der Waals surface area contributed by atoms with Gasteiger partial charge >= 0.3 is 0 Å². The summed E-state index contributed by atoms with van der Waals surface area (Å²) in [6.07, 6.45) is 5.08. The SMILES string of the molecule is C[C@@H](Sc1nnc(NCc2ccco2)s1)C(=O)Nc1ccc2c(c1)CCC2. The molecule has 8 heteroatoms. The van der Waals surface area contributed by atoms with Crippen LogP contribution in [-0.4, -0.2) is 21.4 Å². The third kappa shape index (κ3) is 4.51. The minimum Gasteiger partial charge on any atom is -0.467 e. The Labute approximate surface area is 165 Å². The van der Waals surface area contributed by atoms with Crippen molar-refractivity contribution in [2.75, 3.05) is 10.6 Å². The van der Waals surface area contributed by atoms with Crippen LogP contribution in [0.3, 0.4) is 0 Å². The van der Waals surface area contributed by atoms with Crippen LogP contribution in [0.1, 0.15) is 30.2 Å². The molecule has 0 saturated heterocycles. The fourth-order valence-corrected chi connectivity index (χ4v) is 4.89. The van der Waals surface area contributed by atoms with E-state index < -0.39 is 0 Å². The van der Waals surface area contributed by atoms with Crippen LogP contribution in [-0.2, 0) is 24.2 Å². The molecule has 1 atom stereocenters. The Kier molecular flexibility index (Phi) is 5.45. The van der Waals surface area contributed by atoms with Gasteiger partial charge in [-0.05, 0) is 61.6 Å². The minimum absolute atomic E-state index is 0.0294. The fraction of sp³-hybridized carbons (Fsp3) is 0.316. The zero-order chi connectivity index (χ0) is 18.6. The summed E-state index contributed by atoms with van der Waals surface area (Å²) in [5, 5.41) is 14.9. The van der Waals surface area contributed by atoms with E-state index in [2.05, 4.69) is 33.0 Å². The first-order valence-electron chi connectivity index (χ1n) is 8.86. The van der Waals surface area contributed by atoms with Crippen LogP contribution < -0.4 is 10.6 Å². The molecule has 4 rings (SSSR count). The van der Waals surface area contributed by atoms with Crippen molar-refractivity contribution in [2.24, 2.45) is 0 Å². The monoisotopic (exact) mass is 400 g/mol. The molecule has 2 heterocycles. The van der Waals surface area contributed by atoms with Gasteiger partial charge in [-0.25, -0.2) is 0 Å². The van der Waals surface area contributed by atoms with Gasteiger partial charge in [0.2, 0.25) is 11.0 Å². The van der Waals surface area contributed by atoms with E-state index in [0.29, 0.717) is 11.7 Å². The van der Waals surface area contributed by atoms with Crippen LogP contribution >= 0.6 is 23.1 Å². The number of aromatic nitrogens is 2. The second-order valence-electron chi connectivity index (χ2n) is 6.39. The first-order valence-corrected chi connectivity index (χ1v) is 10.6. The normalized spacial score (nSPS) is 14.0. The lowest BCUT2D eigenvalue weighted by Crippen LogP contribution is -2.22. The molecule has 2 N–H and O–H groups in total. The number of nitrogens with zero attached hydrogens (tertiary/aromatic N) is 2. The zero-order valence-electron chi connectivity index (χ0n) is 14.9. The number of furan rings is 1. The number of carbonyl (C=O) groups is 1. The van der Waals surface area contributed by atoms with Crippen molar-refractivity contribution in [3.8, 4) is 0 Å². The molecule has 0 aliphatic heterocycles. The number of aryl methyl sites for hydroxylation is 2. The van der Waals surface area contributed by atoms with Crippen LogP contribution in [0, 0.1) is 0 Å². The molecule has 27 heavy (non-hydrogen) atoms. The summed E-state index contributed by atoms with van der Waals surface area (Å²) in [7, 11) is 0. The largest absolute Gasteiger partial charge is 0.467 e. The number of amides is 1. The molecule has 0 fully saturated rings. The highest BCUT2D eigenvalue weighted by atomic mass is 32.2. The number of benzene rings is 1. The molecule has 6 nitrogen and oxygen atoms in total. The molecule has 0 spiro atoms. The molecule has 0 saturated carbocycles. The second-order valence-corrected chi connectivity index (χ2v) is 8.96. The smallest absolute Gasteiger partial charge is 0.237 e. The van der Waals surface area contributed by atoms with Gasteiger partial charge in [-0.1, -0.05) is 29.2 Å². The van der Waals surface area contributed by atoms with Gasteiger partial charge in [0.05, 0.1) is 18.1 Å². The number of carbonyl (C=O) groups excluding carboxylic acids is 1. The highest BCUT2D eigenvalue weighted by Gasteiger charge is 2.18. The lowest BCUT2D eigenvalue weighted by atomic mass is 10.1. The molecule has 1 aliphatic carbocycles. The number of hydrogen-bond acceptors (Lipinski definition) is 7. The van der Waals surface area contributed by atoms with Gasteiger partial charge in [-0.2, -0.15) is 0 Å². The van der Waals surface area contributed by atoms with Gasteiger partial charge in [-0.3, -0.25) is 4.79 Å². The van der Waals surface area contributed by atoms with Crippen molar-refractivity contribution in [2.45, 2.75) is 42.3 Å². The molecule has 0 radical (unpaired) electrons. The Balaban J connectivity index is 1.30. The van der Waals surface area contributed by atoms with E-state index in [1.807, 2.05) is 25.1 Å². The lowest BCUT2D eigenvalue weighted by Gasteiger charge is -2.11. The lowest BCUT2D eigenvalue weighted by molar-refractivity contribution is -0.115. The van der Waals surface area contributed by atoms with Crippen molar-refractivity contribution in [1.29, 1.82) is 0 Å². The van der Waals surface area contributed by atoms with E-state index in [1.165, 1.54) is 40.6 Å². The Morgan fingerprint density at radius 3 is 3.04 bits per heavy atom. The van der Waals surface area contributed by atoms with E-state index in [4.69, 9.17) is 4.42 Å². The number of rotatable bonds is 7. The van der Waals surface area contributed by atoms with Crippen molar-refractivity contribution in [3.05, 3.63) is 53.5 Å². The van der Waals surface area contributed by atoms with Crippen molar-refractivity contribution >= 4 is 39.8 Å². The molecule has 0 bridgehead atoms. The number of hydrogen-bond donors (Lipinski definition) is 2. The molecule has 2 aromatic heterocycles. The number of thioether (sulfide) groups is 1. The third-order valence-corrected chi connectivity index (χ3v) is 6.48. The molecule has 0 unspecified atom stereocenters. The quantitative estimate of drug-likeness (QED) is 0.574. The third-order valence-electron chi connectivity index (χ3n) is 4.41. The fourth-order valence-electron chi connectivity index (χ4n) is 3.00. The maximum absolute atomic E-state index is 12.5. The van der Waals surface area contributed by atoms with E-state index in [0.717, 1.165) is 28.6 Å². The molecule has 1 amide bonds. The van der Waals surface area contributed by atoms with E-state index in [9.17, 15) is 4.79 Å². The Hall–Kier alpha value is -2.32. The van der Waals surface area contributed by atoms with Gasteiger partial charge < -0.3 is 15.1 Å². The van der Waals surface area contributed by atoms with Crippen LogP contribution in [0.25, 0.3) is 0 Å². The van der Waals surface area contributed by atoms with Crippen LogP contribution in [0.2, 0.25) is 0 Å². The summed E-state index contributed by atoms with van der Waals surface area (Å²) in [5.41, 5.74) is 3.62. The highest BCUT2D eigenvalue weighted by Crippen LogP contribution is 2.30. The Bertz CT molecular complexity index is 924. The molecule has 140 valence electrons. The van der Waals surface area contributed by atoms with Gasteiger partial charge in [-0.15, -0.1) is 10.2 Å². The van der Waals surface area contributed by atoms with Crippen LogP contribution in [0.4, 0.5) is 10.8 Å². The van der Waals surface area contributed by atoms with Crippen molar-refractivity contribution in [1.82, 2.24) is 10.2 Å². The maximum atomic E-state index is 12.5. The Morgan fingerprint density at radius 2 is 2.19 bits per heavy atom. The predicted molar refractivity (Wildman–Crippen MR) is 108 cm³/mol. The zero-order valence-corrected chi connectivity index (χ0v) is 16.5. The summed E-state index contributed by atoms with van der Waals surface area (Å²) in [4.78, 5) is 12.5. The molecular weight excluding hydrogens is 380 g/mol. The van der Waals surface area contributed by atoms with E-state index in [1.54, 1.807) is 6.26 Å². The summed E-state index contributed by atoms with van der Waals surface area (Å²) in [6, 6.07) is 9.95. The molecule has 3 aromatic rings. The summed E-state index contributed by atoms with van der Waals surface area (Å²) in [6.45, 7) is 2.44. The predicted octanol–water partition coefficient (Wildman–Crippen LogP) is 4.35. The van der Waals surface area contributed by atoms with Gasteiger partial charge in [0.15, 0.2) is 4.34 Å². The average Bonchev–Trinajstić information content (AvgIpc) is 3.41. The first-order chi connectivity index (χ1) is 13.2. The first kappa shape index (κ1) is 18.1. The van der Waals surface area contributed by atoms with E-state index in [-0.39, 0.29) is 11.2 Å². The number of nitrogens with one attached hydrogen (secondary N) is 2. The average molecular weight is 401 g/mol. The maximum Gasteiger partial charge on any atom is 0.237 e. The number of fused-ring (bicyclic) bond motifs is 1. The van der Waals surface area contributed by atoms with E-state index >= 15 is 0 Å². The summed E-state index contributed by atoms with van der Waals surface area (Å²) < 4.78 is 6.04. The number of anilines is 2. The highest BCUT2D eigenvalue weighted by molar-refractivity contribution is 8.02. The van der Waals surface area contributed by atoms with Crippen molar-refractivity contribution < 1.29 is 9.21 Å². The van der Waals surface area contributed by atoms with Gasteiger partial charge in [0, 0.05) is 5.69 Å². The van der Waals surface area contributed by atoms with Crippen molar-refractivity contribution in [3.63, 3.8) is 0 Å². The van der Waals surface area contributed by atoms with Crippen LogP contribution in [0.15, 0.2) is 45.4 Å². The minimum atomic E-state index is -0.260. The van der Waals surface area contributed by atoms with Gasteiger partial charge in [0.1, 0.15) is 5.76 Å². The molecular formula is C19H20N4O2S2. The molecule has 1 aromatic carbocycles. The topological polar surface area (TPSA) is 80.1 Å².